The lowest BCUT2D eigenvalue weighted by molar-refractivity contribution is 0.413. The number of nitrogens with two attached hydrogens (primary N) is 1. The molecular formula is C10H19NO. The van der Waals surface area contributed by atoms with E-state index in [0.717, 1.165) is 5.76 Å². The molecule has 1 fully saturated rings. The molecule has 2 unspecified atom stereocenters. The predicted molar refractivity (Wildman–Crippen MR) is 50.4 cm³/mol. The van der Waals surface area contributed by atoms with Gasteiger partial charge in [0.05, 0.1) is 0 Å². The maximum absolute atomic E-state index is 5.52. The Kier molecular flexibility index (Phi) is 3.15. The standard InChI is InChI=1S/C10H19NO/c1-4-5-8(7(2)3)6-9-10(11)12-9/h6-8,10H,4-5,11H2,1-3H3. The van der Waals surface area contributed by atoms with E-state index in [2.05, 4.69) is 26.8 Å². The van der Waals surface area contributed by atoms with E-state index in [1.807, 2.05) is 0 Å². The molecule has 2 heteroatoms. The molecular weight excluding hydrogens is 150 g/mol. The predicted octanol–water partition coefficient (Wildman–Crippen LogP) is 2.26. The van der Waals surface area contributed by atoms with Crippen molar-refractivity contribution in [2.45, 2.75) is 39.8 Å². The van der Waals surface area contributed by atoms with Gasteiger partial charge in [-0.2, -0.15) is 0 Å². The highest BCUT2D eigenvalue weighted by atomic mass is 16.6. The second-order valence-corrected chi connectivity index (χ2v) is 3.80. The average molecular weight is 169 g/mol. The van der Waals surface area contributed by atoms with Gasteiger partial charge in [-0.1, -0.05) is 27.2 Å². The first kappa shape index (κ1) is 9.59. The Labute approximate surface area is 74.8 Å². The van der Waals surface area contributed by atoms with Crippen LogP contribution in [0.5, 0.6) is 0 Å². The molecule has 0 saturated carbocycles. The normalized spacial score (nSPS) is 27.4. The molecule has 0 aromatic carbocycles. The van der Waals surface area contributed by atoms with Gasteiger partial charge in [0.1, 0.15) is 0 Å². The summed E-state index contributed by atoms with van der Waals surface area (Å²) in [6.45, 7) is 6.69. The van der Waals surface area contributed by atoms with Gasteiger partial charge in [0.2, 0.25) is 6.23 Å². The van der Waals surface area contributed by atoms with Crippen LogP contribution in [0.1, 0.15) is 33.6 Å². The quantitative estimate of drug-likeness (QED) is 0.655. The van der Waals surface area contributed by atoms with Crippen molar-refractivity contribution in [3.8, 4) is 0 Å². The van der Waals surface area contributed by atoms with Gasteiger partial charge in [-0.15, -0.1) is 0 Å². The Morgan fingerprint density at radius 2 is 2.17 bits per heavy atom. The highest BCUT2D eigenvalue weighted by molar-refractivity contribution is 5.12. The van der Waals surface area contributed by atoms with E-state index >= 15 is 0 Å². The Hall–Kier alpha value is -0.500. The number of rotatable bonds is 4. The first-order valence-electron chi connectivity index (χ1n) is 4.79. The highest BCUT2D eigenvalue weighted by Gasteiger charge is 2.29. The Morgan fingerprint density at radius 3 is 2.50 bits per heavy atom. The number of ether oxygens (including phenoxy) is 1. The fourth-order valence-corrected chi connectivity index (χ4v) is 1.40. The van der Waals surface area contributed by atoms with Crippen molar-refractivity contribution in [3.05, 3.63) is 11.8 Å². The Morgan fingerprint density at radius 1 is 1.58 bits per heavy atom. The largest absolute Gasteiger partial charge is 0.467 e. The van der Waals surface area contributed by atoms with Gasteiger partial charge in [-0.25, -0.2) is 0 Å². The van der Waals surface area contributed by atoms with Crippen molar-refractivity contribution in [2.75, 3.05) is 0 Å². The number of allylic oxidation sites excluding steroid dienone is 1. The van der Waals surface area contributed by atoms with E-state index in [1.54, 1.807) is 0 Å². The molecule has 0 bridgehead atoms. The summed E-state index contributed by atoms with van der Waals surface area (Å²) >= 11 is 0. The first-order valence-corrected chi connectivity index (χ1v) is 4.79. The van der Waals surface area contributed by atoms with E-state index in [1.165, 1.54) is 12.8 Å². The topological polar surface area (TPSA) is 38.5 Å². The molecule has 1 aliphatic heterocycles. The number of epoxide rings is 1. The van der Waals surface area contributed by atoms with E-state index in [0.29, 0.717) is 11.8 Å². The zero-order chi connectivity index (χ0) is 9.14. The monoisotopic (exact) mass is 169 g/mol. The minimum absolute atomic E-state index is 0.0943. The first-order chi connectivity index (χ1) is 5.65. The zero-order valence-corrected chi connectivity index (χ0v) is 8.21. The molecule has 0 aromatic heterocycles. The Balaban J connectivity index is 2.43. The van der Waals surface area contributed by atoms with Crippen LogP contribution in [-0.2, 0) is 4.74 Å². The van der Waals surface area contributed by atoms with Crippen molar-refractivity contribution in [3.63, 3.8) is 0 Å². The zero-order valence-electron chi connectivity index (χ0n) is 8.21. The second kappa shape index (κ2) is 3.94. The summed E-state index contributed by atoms with van der Waals surface area (Å²) in [6, 6.07) is 0. The SMILES string of the molecule is CCCC(C=C1OC1N)C(C)C. The van der Waals surface area contributed by atoms with Crippen molar-refractivity contribution >= 4 is 0 Å². The minimum Gasteiger partial charge on any atom is -0.467 e. The molecule has 1 saturated heterocycles. The van der Waals surface area contributed by atoms with E-state index in [-0.39, 0.29) is 6.23 Å². The fourth-order valence-electron chi connectivity index (χ4n) is 1.40. The summed E-state index contributed by atoms with van der Waals surface area (Å²) in [5.74, 6) is 2.31. The average Bonchev–Trinajstić information content (AvgIpc) is 2.65. The van der Waals surface area contributed by atoms with Crippen LogP contribution in [-0.4, -0.2) is 6.23 Å². The van der Waals surface area contributed by atoms with Crippen LogP contribution in [0.4, 0.5) is 0 Å². The van der Waals surface area contributed by atoms with Gasteiger partial charge in [0.15, 0.2) is 5.76 Å². The van der Waals surface area contributed by atoms with Crippen LogP contribution in [0.2, 0.25) is 0 Å². The molecule has 2 nitrogen and oxygen atoms in total. The van der Waals surface area contributed by atoms with Crippen molar-refractivity contribution in [1.82, 2.24) is 0 Å². The smallest absolute Gasteiger partial charge is 0.205 e. The molecule has 2 N–H and O–H groups in total. The maximum Gasteiger partial charge on any atom is 0.205 e. The molecule has 0 amide bonds. The summed E-state index contributed by atoms with van der Waals surface area (Å²) in [4.78, 5) is 0. The molecule has 0 spiro atoms. The van der Waals surface area contributed by atoms with Gasteiger partial charge in [-0.05, 0) is 24.3 Å². The summed E-state index contributed by atoms with van der Waals surface area (Å²) in [7, 11) is 0. The molecule has 0 radical (unpaired) electrons. The van der Waals surface area contributed by atoms with Gasteiger partial charge in [0, 0.05) is 0 Å². The summed E-state index contributed by atoms with van der Waals surface area (Å²) in [6.07, 6.45) is 4.56. The molecule has 1 aliphatic rings. The van der Waals surface area contributed by atoms with E-state index in [4.69, 9.17) is 10.5 Å². The highest BCUT2D eigenvalue weighted by Crippen LogP contribution is 2.28. The summed E-state index contributed by atoms with van der Waals surface area (Å²) < 4.78 is 5.08. The van der Waals surface area contributed by atoms with E-state index < -0.39 is 0 Å². The fraction of sp³-hybridized carbons (Fsp3) is 0.800. The molecule has 1 heterocycles. The number of hydrogen-bond donors (Lipinski definition) is 1. The molecule has 12 heavy (non-hydrogen) atoms. The van der Waals surface area contributed by atoms with Crippen LogP contribution in [0.3, 0.4) is 0 Å². The molecule has 70 valence electrons. The lowest BCUT2D eigenvalue weighted by atomic mass is 9.91. The van der Waals surface area contributed by atoms with Crippen molar-refractivity contribution < 1.29 is 4.74 Å². The second-order valence-electron chi connectivity index (χ2n) is 3.80. The lowest BCUT2D eigenvalue weighted by Gasteiger charge is -2.14. The third kappa shape index (κ3) is 2.52. The lowest BCUT2D eigenvalue weighted by Crippen LogP contribution is -2.06. The summed E-state index contributed by atoms with van der Waals surface area (Å²) in [5.41, 5.74) is 5.52. The minimum atomic E-state index is -0.0943. The van der Waals surface area contributed by atoms with Crippen molar-refractivity contribution in [1.29, 1.82) is 0 Å². The van der Waals surface area contributed by atoms with Crippen LogP contribution in [0, 0.1) is 11.8 Å². The van der Waals surface area contributed by atoms with Gasteiger partial charge < -0.3 is 4.74 Å². The van der Waals surface area contributed by atoms with E-state index in [9.17, 15) is 0 Å². The maximum atomic E-state index is 5.52. The number of hydrogen-bond acceptors (Lipinski definition) is 2. The van der Waals surface area contributed by atoms with Crippen LogP contribution in [0.25, 0.3) is 0 Å². The van der Waals surface area contributed by atoms with Gasteiger partial charge >= 0.3 is 0 Å². The third-order valence-corrected chi connectivity index (χ3v) is 2.34. The Bertz CT molecular complexity index is 175. The molecule has 1 rings (SSSR count). The van der Waals surface area contributed by atoms with Crippen molar-refractivity contribution in [2.24, 2.45) is 17.6 Å². The van der Waals surface area contributed by atoms with Crippen LogP contribution < -0.4 is 5.73 Å². The van der Waals surface area contributed by atoms with Gasteiger partial charge in [0.25, 0.3) is 0 Å². The van der Waals surface area contributed by atoms with Gasteiger partial charge in [-0.3, -0.25) is 5.73 Å². The molecule has 2 atom stereocenters. The van der Waals surface area contributed by atoms with Crippen LogP contribution in [0.15, 0.2) is 11.8 Å². The molecule has 0 aliphatic carbocycles. The molecule has 0 aromatic rings. The third-order valence-electron chi connectivity index (χ3n) is 2.34. The van der Waals surface area contributed by atoms with Crippen LogP contribution >= 0.6 is 0 Å². The summed E-state index contributed by atoms with van der Waals surface area (Å²) in [5, 5.41) is 0.